The lowest BCUT2D eigenvalue weighted by Crippen LogP contribution is -2.27. The maximum Gasteiger partial charge on any atom is 0.160 e. The highest BCUT2D eigenvalue weighted by Gasteiger charge is 2.41. The quantitative estimate of drug-likeness (QED) is 0.151. The van der Waals surface area contributed by atoms with Gasteiger partial charge in [-0.15, -0.1) is 0 Å². The molecule has 3 aliphatic carbocycles. The third kappa shape index (κ3) is 7.57. The number of benzene rings is 9. The van der Waals surface area contributed by atoms with Gasteiger partial charge in [0.2, 0.25) is 0 Å². The van der Waals surface area contributed by atoms with Crippen LogP contribution in [0.1, 0.15) is 45.2 Å². The SMILES string of the molecule is c1ccc(-c2nc(-c3ccc(-c4cnc5ccccc5c4)cc3)cc(-c3ccc4c(c3)C3c5ccccc5C4c4cc(-c5cc(-c6ccc(-c7cnc8ccccc8c7)cc6)nc(-c6ccccc6)n5)ccc43)n2)cc1. The zero-order chi connectivity index (χ0) is 50.1. The Morgan fingerprint density at radius 1 is 0.224 bits per heavy atom. The summed E-state index contributed by atoms with van der Waals surface area (Å²) in [5, 5.41) is 2.24. The molecule has 0 radical (unpaired) electrons. The average Bonchev–Trinajstić information content (AvgIpc) is 3.58. The standard InChI is InChI=1S/C70H44N6/c1-3-13-47(14-4-1)69-73-63(45-27-23-43(24-28-45)53-35-49-17-7-11-21-61(49)71-41-53)39-65(75-69)51-31-33-57-59(37-51)67-55-19-9-10-20-56(55)68(57)60-38-52(32-34-58(60)67)66-40-64(74-70(76-66)48-15-5-2-6-16-48)46-29-25-44(26-30-46)54-36-50-18-8-12-22-62(50)72-42-54/h1-42,67-68H. The molecule has 0 N–H and O–H groups in total. The minimum Gasteiger partial charge on any atom is -0.256 e. The van der Waals surface area contributed by atoms with E-state index in [1.54, 1.807) is 0 Å². The maximum atomic E-state index is 5.29. The second-order valence-electron chi connectivity index (χ2n) is 19.8. The lowest BCUT2D eigenvalue weighted by molar-refractivity contribution is 0.755. The van der Waals surface area contributed by atoms with Crippen molar-refractivity contribution in [1.29, 1.82) is 0 Å². The van der Waals surface area contributed by atoms with Crippen molar-refractivity contribution < 1.29 is 0 Å². The van der Waals surface area contributed by atoms with Crippen molar-refractivity contribution in [3.63, 3.8) is 0 Å². The fourth-order valence-corrected chi connectivity index (χ4v) is 11.6. The summed E-state index contributed by atoms with van der Waals surface area (Å²) in [6.45, 7) is 0. The molecule has 0 aliphatic heterocycles. The first-order valence-electron chi connectivity index (χ1n) is 25.8. The second kappa shape index (κ2) is 17.9. The number of rotatable bonds is 8. The van der Waals surface area contributed by atoms with Gasteiger partial charge in [-0.25, -0.2) is 19.9 Å². The van der Waals surface area contributed by atoms with E-state index in [1.165, 1.54) is 33.4 Å². The van der Waals surface area contributed by atoms with Gasteiger partial charge in [0, 0.05) is 79.5 Å². The first-order valence-corrected chi connectivity index (χ1v) is 25.8. The summed E-state index contributed by atoms with van der Waals surface area (Å²) in [7, 11) is 0. The summed E-state index contributed by atoms with van der Waals surface area (Å²) in [6, 6.07) is 86.0. The van der Waals surface area contributed by atoms with Gasteiger partial charge in [-0.3, -0.25) is 9.97 Å². The van der Waals surface area contributed by atoms with E-state index < -0.39 is 0 Å². The van der Waals surface area contributed by atoms with Gasteiger partial charge >= 0.3 is 0 Å². The van der Waals surface area contributed by atoms with Crippen LogP contribution in [-0.4, -0.2) is 29.9 Å². The van der Waals surface area contributed by atoms with Crippen molar-refractivity contribution in [3.05, 3.63) is 288 Å². The smallest absolute Gasteiger partial charge is 0.160 e. The van der Waals surface area contributed by atoms with Crippen molar-refractivity contribution in [2.45, 2.75) is 11.8 Å². The Bertz CT molecular complexity index is 4120. The largest absolute Gasteiger partial charge is 0.256 e. The van der Waals surface area contributed by atoms with Crippen LogP contribution in [0.5, 0.6) is 0 Å². The Labute approximate surface area is 439 Å². The molecule has 6 heteroatoms. The molecule has 4 heterocycles. The van der Waals surface area contributed by atoms with Crippen molar-refractivity contribution in [2.75, 3.05) is 0 Å². The Morgan fingerprint density at radius 2 is 0.566 bits per heavy atom. The molecular weight excluding hydrogens is 925 g/mol. The highest BCUT2D eigenvalue weighted by atomic mass is 14.9. The van der Waals surface area contributed by atoms with E-state index in [4.69, 9.17) is 29.9 Å². The molecule has 4 aromatic heterocycles. The average molecular weight is 969 g/mol. The van der Waals surface area contributed by atoms with Crippen LogP contribution < -0.4 is 0 Å². The third-order valence-electron chi connectivity index (χ3n) is 15.4. The summed E-state index contributed by atoms with van der Waals surface area (Å²) in [6.07, 6.45) is 3.91. The predicted molar refractivity (Wildman–Crippen MR) is 306 cm³/mol. The molecule has 2 bridgehead atoms. The van der Waals surface area contributed by atoms with Gasteiger partial charge in [-0.1, -0.05) is 194 Å². The van der Waals surface area contributed by atoms with Crippen molar-refractivity contribution in [3.8, 4) is 90.1 Å². The number of nitrogens with zero attached hydrogens (tertiary/aromatic N) is 6. The fourth-order valence-electron chi connectivity index (χ4n) is 11.6. The van der Waals surface area contributed by atoms with Crippen LogP contribution in [0.2, 0.25) is 0 Å². The van der Waals surface area contributed by atoms with E-state index in [9.17, 15) is 0 Å². The number of fused-ring (bicyclic) bond motifs is 2. The van der Waals surface area contributed by atoms with Crippen molar-refractivity contribution >= 4 is 21.8 Å². The molecule has 0 spiro atoms. The second-order valence-corrected chi connectivity index (χ2v) is 19.8. The van der Waals surface area contributed by atoms with Crippen LogP contribution in [0, 0.1) is 0 Å². The monoisotopic (exact) mass is 968 g/mol. The summed E-state index contributed by atoms with van der Waals surface area (Å²) in [4.78, 5) is 30.4. The topological polar surface area (TPSA) is 77.3 Å². The maximum absolute atomic E-state index is 5.29. The molecular formula is C70H44N6. The molecule has 0 saturated carbocycles. The van der Waals surface area contributed by atoms with E-state index in [-0.39, 0.29) is 11.8 Å². The van der Waals surface area contributed by atoms with E-state index in [0.29, 0.717) is 11.6 Å². The number of hydrogen-bond acceptors (Lipinski definition) is 6. The molecule has 0 amide bonds. The van der Waals surface area contributed by atoms with Crippen LogP contribution in [-0.2, 0) is 0 Å². The fraction of sp³-hybridized carbons (Fsp3) is 0.0286. The van der Waals surface area contributed by atoms with Gasteiger partial charge in [0.05, 0.1) is 33.8 Å². The molecule has 76 heavy (non-hydrogen) atoms. The van der Waals surface area contributed by atoms with E-state index in [0.717, 1.165) is 100 Å². The molecule has 0 saturated heterocycles. The van der Waals surface area contributed by atoms with Gasteiger partial charge in [0.25, 0.3) is 0 Å². The summed E-state index contributed by atoms with van der Waals surface area (Å²) < 4.78 is 0. The first kappa shape index (κ1) is 43.5. The molecule has 3 aliphatic rings. The minimum absolute atomic E-state index is 0.0457. The molecule has 2 atom stereocenters. The number of aromatic nitrogens is 6. The lowest BCUT2D eigenvalue weighted by Gasteiger charge is -2.42. The zero-order valence-electron chi connectivity index (χ0n) is 41.1. The van der Waals surface area contributed by atoms with Gasteiger partial charge in [0.15, 0.2) is 11.6 Å². The van der Waals surface area contributed by atoms with E-state index in [1.807, 2.05) is 73.1 Å². The van der Waals surface area contributed by atoms with E-state index in [2.05, 4.69) is 182 Å². The van der Waals surface area contributed by atoms with Crippen LogP contribution in [0.15, 0.2) is 255 Å². The Morgan fingerprint density at radius 3 is 1.00 bits per heavy atom. The molecule has 13 aromatic rings. The third-order valence-corrected chi connectivity index (χ3v) is 15.4. The van der Waals surface area contributed by atoms with Crippen LogP contribution in [0.3, 0.4) is 0 Å². The summed E-state index contributed by atoms with van der Waals surface area (Å²) in [5.74, 6) is 1.48. The predicted octanol–water partition coefficient (Wildman–Crippen LogP) is 16.7. The van der Waals surface area contributed by atoms with Crippen LogP contribution in [0.25, 0.3) is 112 Å². The molecule has 16 rings (SSSR count). The number of pyridine rings is 2. The Kier molecular flexibility index (Phi) is 10.2. The Balaban J connectivity index is 0.801. The molecule has 9 aromatic carbocycles. The lowest BCUT2D eigenvalue weighted by atomic mass is 9.60. The van der Waals surface area contributed by atoms with Gasteiger partial charge < -0.3 is 0 Å². The van der Waals surface area contributed by atoms with E-state index >= 15 is 0 Å². The molecule has 2 unspecified atom stereocenters. The number of para-hydroxylation sites is 2. The minimum atomic E-state index is 0.0457. The van der Waals surface area contributed by atoms with Crippen molar-refractivity contribution in [2.24, 2.45) is 0 Å². The molecule has 6 nitrogen and oxygen atoms in total. The highest BCUT2D eigenvalue weighted by Crippen LogP contribution is 2.57. The normalized spacial score (nSPS) is 14.1. The first-order chi connectivity index (χ1) is 37.6. The Hall–Kier alpha value is -10.0. The molecule has 354 valence electrons. The summed E-state index contributed by atoms with van der Waals surface area (Å²) >= 11 is 0. The molecule has 0 fully saturated rings. The summed E-state index contributed by atoms with van der Waals surface area (Å²) in [5.41, 5.74) is 23.9. The van der Waals surface area contributed by atoms with Crippen LogP contribution >= 0.6 is 0 Å². The van der Waals surface area contributed by atoms with Crippen LogP contribution in [0.4, 0.5) is 0 Å². The van der Waals surface area contributed by atoms with Gasteiger partial charge in [0.1, 0.15) is 0 Å². The number of hydrogen-bond donors (Lipinski definition) is 0. The van der Waals surface area contributed by atoms with Gasteiger partial charge in [-0.2, -0.15) is 0 Å². The van der Waals surface area contributed by atoms with Crippen molar-refractivity contribution in [1.82, 2.24) is 29.9 Å². The van der Waals surface area contributed by atoms with Gasteiger partial charge in [-0.05, 0) is 93.0 Å². The highest BCUT2D eigenvalue weighted by molar-refractivity contribution is 5.86. The zero-order valence-corrected chi connectivity index (χ0v) is 41.1.